The molecule has 0 saturated heterocycles. The molecule has 2 N–H and O–H groups in total. The molecule has 0 aliphatic heterocycles. The molecule has 5 nitrogen and oxygen atoms in total. The Kier molecular flexibility index (Phi) is 6.85. The second-order valence-electron chi connectivity index (χ2n) is 7.68. The summed E-state index contributed by atoms with van der Waals surface area (Å²) in [6, 6.07) is 27.5. The molecule has 4 rings (SSSR count). The molecule has 4 aromatic rings. The smallest absolute Gasteiger partial charge is 0.257 e. The van der Waals surface area contributed by atoms with Crippen molar-refractivity contribution in [3.05, 3.63) is 130 Å². The standard InChI is InChI=1S/C28H21ClN2O3/c1-18-15-16-25(22(17-18)26(32)19-9-3-2-4-10-19)31-28(34)21-12-6-8-14-24(21)30-27(33)20-11-5-7-13-23(20)29/h2-17H,1H3,(H,30,33)(H,31,34). The molecule has 0 aromatic heterocycles. The number of ketones is 1. The van der Waals surface area contributed by atoms with Gasteiger partial charge in [0.2, 0.25) is 0 Å². The van der Waals surface area contributed by atoms with Crippen LogP contribution in [-0.2, 0) is 0 Å². The number of hydrogen-bond donors (Lipinski definition) is 2. The van der Waals surface area contributed by atoms with Gasteiger partial charge in [-0.2, -0.15) is 0 Å². The highest BCUT2D eigenvalue weighted by molar-refractivity contribution is 6.34. The van der Waals surface area contributed by atoms with E-state index >= 15 is 0 Å². The van der Waals surface area contributed by atoms with Gasteiger partial charge in [0.25, 0.3) is 11.8 Å². The van der Waals surface area contributed by atoms with Crippen molar-refractivity contribution in [3.63, 3.8) is 0 Å². The minimum Gasteiger partial charge on any atom is -0.321 e. The van der Waals surface area contributed by atoms with Gasteiger partial charge in [0.15, 0.2) is 5.78 Å². The molecule has 0 saturated carbocycles. The lowest BCUT2D eigenvalue weighted by Gasteiger charge is -2.14. The highest BCUT2D eigenvalue weighted by atomic mass is 35.5. The van der Waals surface area contributed by atoms with Crippen LogP contribution >= 0.6 is 11.6 Å². The number of rotatable bonds is 6. The third kappa shape index (κ3) is 5.05. The predicted octanol–water partition coefficient (Wildman–Crippen LogP) is 6.38. The van der Waals surface area contributed by atoms with E-state index in [1.807, 2.05) is 19.1 Å². The van der Waals surface area contributed by atoms with Gasteiger partial charge in [-0.1, -0.05) is 77.8 Å². The van der Waals surface area contributed by atoms with E-state index in [4.69, 9.17) is 11.6 Å². The lowest BCUT2D eigenvalue weighted by atomic mass is 9.99. The number of halogens is 1. The Morgan fingerprint density at radius 2 is 1.18 bits per heavy atom. The molecule has 6 heteroatoms. The lowest BCUT2D eigenvalue weighted by molar-refractivity contribution is 0.102. The first-order valence-electron chi connectivity index (χ1n) is 10.6. The van der Waals surface area contributed by atoms with Crippen molar-refractivity contribution in [2.75, 3.05) is 10.6 Å². The van der Waals surface area contributed by atoms with Gasteiger partial charge < -0.3 is 10.6 Å². The highest BCUT2D eigenvalue weighted by Crippen LogP contribution is 2.24. The molecular formula is C28H21ClN2O3. The zero-order valence-electron chi connectivity index (χ0n) is 18.3. The Balaban J connectivity index is 1.62. The number of para-hydroxylation sites is 1. The molecule has 0 radical (unpaired) electrons. The van der Waals surface area contributed by atoms with Crippen LogP contribution in [0.5, 0.6) is 0 Å². The summed E-state index contributed by atoms with van der Waals surface area (Å²) in [5.74, 6) is -1.08. The molecule has 34 heavy (non-hydrogen) atoms. The molecule has 0 fully saturated rings. The van der Waals surface area contributed by atoms with Crippen LogP contribution in [0.2, 0.25) is 5.02 Å². The van der Waals surface area contributed by atoms with E-state index in [1.54, 1.807) is 84.9 Å². The Labute approximate surface area is 202 Å². The topological polar surface area (TPSA) is 75.3 Å². The van der Waals surface area contributed by atoms with Crippen molar-refractivity contribution < 1.29 is 14.4 Å². The van der Waals surface area contributed by atoms with Gasteiger partial charge in [0.05, 0.1) is 27.5 Å². The maximum atomic E-state index is 13.2. The van der Waals surface area contributed by atoms with E-state index in [2.05, 4.69) is 10.6 Å². The van der Waals surface area contributed by atoms with E-state index in [1.165, 1.54) is 0 Å². The number of nitrogens with one attached hydrogen (secondary N) is 2. The Bertz CT molecular complexity index is 1380. The zero-order chi connectivity index (χ0) is 24.1. The van der Waals surface area contributed by atoms with Crippen LogP contribution in [0.15, 0.2) is 97.1 Å². The summed E-state index contributed by atoms with van der Waals surface area (Å²) < 4.78 is 0. The molecule has 0 atom stereocenters. The third-order valence-electron chi connectivity index (χ3n) is 5.24. The van der Waals surface area contributed by atoms with Crippen LogP contribution in [0.1, 0.15) is 42.2 Å². The van der Waals surface area contributed by atoms with Gasteiger partial charge in [-0.05, 0) is 43.3 Å². The summed E-state index contributed by atoms with van der Waals surface area (Å²) >= 11 is 6.13. The van der Waals surface area contributed by atoms with E-state index < -0.39 is 11.8 Å². The largest absolute Gasteiger partial charge is 0.321 e. The number of hydrogen-bond acceptors (Lipinski definition) is 3. The van der Waals surface area contributed by atoms with Crippen molar-refractivity contribution in [2.45, 2.75) is 6.92 Å². The van der Waals surface area contributed by atoms with Crippen molar-refractivity contribution >= 4 is 40.6 Å². The second kappa shape index (κ2) is 10.1. The predicted molar refractivity (Wildman–Crippen MR) is 135 cm³/mol. The van der Waals surface area contributed by atoms with Gasteiger partial charge in [0, 0.05) is 11.1 Å². The van der Waals surface area contributed by atoms with Gasteiger partial charge in [-0.15, -0.1) is 0 Å². The molecule has 0 heterocycles. The van der Waals surface area contributed by atoms with E-state index in [0.29, 0.717) is 33.1 Å². The zero-order valence-corrected chi connectivity index (χ0v) is 19.1. The number of benzene rings is 4. The summed E-state index contributed by atoms with van der Waals surface area (Å²) in [4.78, 5) is 39.1. The fraction of sp³-hybridized carbons (Fsp3) is 0.0357. The molecule has 0 unspecified atom stereocenters. The third-order valence-corrected chi connectivity index (χ3v) is 5.57. The van der Waals surface area contributed by atoms with E-state index in [9.17, 15) is 14.4 Å². The molecule has 0 aliphatic rings. The normalized spacial score (nSPS) is 10.4. The average molecular weight is 469 g/mol. The van der Waals surface area contributed by atoms with Gasteiger partial charge in [-0.3, -0.25) is 14.4 Å². The molecule has 0 spiro atoms. The van der Waals surface area contributed by atoms with Crippen LogP contribution < -0.4 is 10.6 Å². The first kappa shape index (κ1) is 23.0. The monoisotopic (exact) mass is 468 g/mol. The first-order valence-corrected chi connectivity index (χ1v) is 11.0. The average Bonchev–Trinajstić information content (AvgIpc) is 2.85. The number of aryl methyl sites for hydroxylation is 1. The molecule has 0 bridgehead atoms. The van der Waals surface area contributed by atoms with Crippen LogP contribution in [0.4, 0.5) is 11.4 Å². The quantitative estimate of drug-likeness (QED) is 0.322. The second-order valence-corrected chi connectivity index (χ2v) is 8.09. The molecular weight excluding hydrogens is 448 g/mol. The van der Waals surface area contributed by atoms with Crippen molar-refractivity contribution in [1.29, 1.82) is 0 Å². The van der Waals surface area contributed by atoms with E-state index in [0.717, 1.165) is 5.56 Å². The molecule has 168 valence electrons. The Morgan fingerprint density at radius 3 is 1.88 bits per heavy atom. The van der Waals surface area contributed by atoms with Gasteiger partial charge in [-0.25, -0.2) is 0 Å². The summed E-state index contributed by atoms with van der Waals surface area (Å²) in [6.07, 6.45) is 0. The van der Waals surface area contributed by atoms with Crippen LogP contribution in [0.3, 0.4) is 0 Å². The number of anilines is 2. The molecule has 0 aliphatic carbocycles. The fourth-order valence-corrected chi connectivity index (χ4v) is 3.74. The maximum Gasteiger partial charge on any atom is 0.257 e. The SMILES string of the molecule is Cc1ccc(NC(=O)c2ccccc2NC(=O)c2ccccc2Cl)c(C(=O)c2ccccc2)c1. The van der Waals surface area contributed by atoms with Crippen molar-refractivity contribution in [3.8, 4) is 0 Å². The number of carbonyl (C=O) groups is 3. The fourth-order valence-electron chi connectivity index (χ4n) is 3.51. The minimum absolute atomic E-state index is 0.195. The molecule has 2 amide bonds. The first-order chi connectivity index (χ1) is 16.4. The van der Waals surface area contributed by atoms with Gasteiger partial charge in [0.1, 0.15) is 0 Å². The van der Waals surface area contributed by atoms with Crippen LogP contribution in [0.25, 0.3) is 0 Å². The highest BCUT2D eigenvalue weighted by Gasteiger charge is 2.19. The van der Waals surface area contributed by atoms with Gasteiger partial charge >= 0.3 is 0 Å². The van der Waals surface area contributed by atoms with Crippen molar-refractivity contribution in [1.82, 2.24) is 0 Å². The Morgan fingerprint density at radius 1 is 0.618 bits per heavy atom. The summed E-state index contributed by atoms with van der Waals surface area (Å²) in [7, 11) is 0. The van der Waals surface area contributed by atoms with Crippen LogP contribution in [0, 0.1) is 6.92 Å². The maximum absolute atomic E-state index is 13.2. The summed E-state index contributed by atoms with van der Waals surface area (Å²) in [6.45, 7) is 1.88. The van der Waals surface area contributed by atoms with Crippen LogP contribution in [-0.4, -0.2) is 17.6 Å². The number of carbonyl (C=O) groups excluding carboxylic acids is 3. The van der Waals surface area contributed by atoms with E-state index in [-0.39, 0.29) is 11.3 Å². The van der Waals surface area contributed by atoms with Crippen molar-refractivity contribution in [2.24, 2.45) is 0 Å². The number of amides is 2. The summed E-state index contributed by atoms with van der Waals surface area (Å²) in [5.41, 5.74) is 3.07. The Hall–Kier alpha value is -4.22. The minimum atomic E-state index is -0.457. The molecule has 4 aromatic carbocycles. The summed E-state index contributed by atoms with van der Waals surface area (Å²) in [5, 5.41) is 5.90. The lowest BCUT2D eigenvalue weighted by Crippen LogP contribution is -2.19.